The van der Waals surface area contributed by atoms with Gasteiger partial charge in [-0.1, -0.05) is 18.7 Å². The maximum Gasteiger partial charge on any atom is 0.262 e. The van der Waals surface area contributed by atoms with Crippen molar-refractivity contribution < 1.29 is 4.79 Å². The maximum atomic E-state index is 12.4. The Bertz CT molecular complexity index is 734. The van der Waals surface area contributed by atoms with Crippen molar-refractivity contribution >= 4 is 39.2 Å². The number of carbonyl (C=O) groups is 1. The van der Waals surface area contributed by atoms with Gasteiger partial charge in [0.25, 0.3) is 5.56 Å². The summed E-state index contributed by atoms with van der Waals surface area (Å²) in [7, 11) is 1.70. The molecular formula is C14H19N3O2S2. The molecule has 1 amide bonds. The molecule has 0 aromatic carbocycles. The first kappa shape index (κ1) is 16.0. The van der Waals surface area contributed by atoms with Gasteiger partial charge in [-0.15, -0.1) is 11.3 Å². The van der Waals surface area contributed by atoms with E-state index in [1.807, 2.05) is 20.8 Å². The number of nitrogens with zero attached hydrogens (tertiary/aromatic N) is 2. The standard InChI is InChI=1S/C14H19N3O2S2/c1-5-6-15-10(18)7-20-14-16-12-11(13(19)17(14)4)8(2)9(3)21-12/h5-7H2,1-4H3,(H,15,18). The molecule has 0 saturated heterocycles. The molecular weight excluding hydrogens is 306 g/mol. The average Bonchev–Trinajstić information content (AvgIpc) is 2.74. The Balaban J connectivity index is 2.27. The van der Waals surface area contributed by atoms with Gasteiger partial charge in [0.15, 0.2) is 5.16 Å². The van der Waals surface area contributed by atoms with E-state index in [0.717, 1.165) is 21.7 Å². The van der Waals surface area contributed by atoms with Crippen LogP contribution in [0.3, 0.4) is 0 Å². The van der Waals surface area contributed by atoms with Gasteiger partial charge in [0.1, 0.15) is 4.83 Å². The van der Waals surface area contributed by atoms with Gasteiger partial charge in [0.2, 0.25) is 5.91 Å². The second-order valence-corrected chi connectivity index (χ2v) is 7.01. The molecule has 2 aromatic heterocycles. The number of aromatic nitrogens is 2. The first-order valence-electron chi connectivity index (χ1n) is 6.82. The third-order valence-corrected chi connectivity index (χ3v) is 5.40. The van der Waals surface area contributed by atoms with Crippen molar-refractivity contribution in [3.63, 3.8) is 0 Å². The molecule has 0 aliphatic rings. The van der Waals surface area contributed by atoms with Crippen molar-refractivity contribution in [2.24, 2.45) is 7.05 Å². The first-order chi connectivity index (χ1) is 9.95. The van der Waals surface area contributed by atoms with Crippen LogP contribution < -0.4 is 10.9 Å². The summed E-state index contributed by atoms with van der Waals surface area (Å²) in [4.78, 5) is 30.5. The molecule has 2 aromatic rings. The van der Waals surface area contributed by atoms with Gasteiger partial charge in [-0.05, 0) is 25.8 Å². The molecule has 21 heavy (non-hydrogen) atoms. The maximum absolute atomic E-state index is 12.4. The average molecular weight is 325 g/mol. The van der Waals surface area contributed by atoms with Crippen LogP contribution in [-0.4, -0.2) is 27.8 Å². The van der Waals surface area contributed by atoms with Crippen molar-refractivity contribution in [2.75, 3.05) is 12.3 Å². The molecule has 1 N–H and O–H groups in total. The fourth-order valence-corrected chi connectivity index (χ4v) is 3.80. The summed E-state index contributed by atoms with van der Waals surface area (Å²) >= 11 is 2.82. The number of hydrogen-bond acceptors (Lipinski definition) is 5. The smallest absolute Gasteiger partial charge is 0.262 e. The van der Waals surface area contributed by atoms with Gasteiger partial charge >= 0.3 is 0 Å². The molecule has 0 saturated carbocycles. The molecule has 0 unspecified atom stereocenters. The van der Waals surface area contributed by atoms with Crippen LogP contribution in [-0.2, 0) is 11.8 Å². The number of thioether (sulfide) groups is 1. The molecule has 0 aliphatic carbocycles. The number of rotatable bonds is 5. The number of amides is 1. The minimum absolute atomic E-state index is 0.0327. The summed E-state index contributed by atoms with van der Waals surface area (Å²) in [5.74, 6) is 0.240. The summed E-state index contributed by atoms with van der Waals surface area (Å²) in [5.41, 5.74) is 0.957. The molecule has 7 heteroatoms. The molecule has 0 atom stereocenters. The molecule has 5 nitrogen and oxygen atoms in total. The van der Waals surface area contributed by atoms with E-state index in [9.17, 15) is 9.59 Å². The first-order valence-corrected chi connectivity index (χ1v) is 8.62. The molecule has 0 radical (unpaired) electrons. The number of carbonyl (C=O) groups excluding carboxylic acids is 1. The van der Waals surface area contributed by atoms with Crippen molar-refractivity contribution in [3.8, 4) is 0 Å². The SMILES string of the molecule is CCCNC(=O)CSc1nc2sc(C)c(C)c2c(=O)n1C. The van der Waals surface area contributed by atoms with Gasteiger partial charge in [0.05, 0.1) is 11.1 Å². The van der Waals surface area contributed by atoms with Gasteiger partial charge in [-0.2, -0.15) is 0 Å². The van der Waals surface area contributed by atoms with Gasteiger partial charge in [-0.25, -0.2) is 4.98 Å². The van der Waals surface area contributed by atoms with E-state index in [1.54, 1.807) is 7.05 Å². The van der Waals surface area contributed by atoms with Gasteiger partial charge in [0, 0.05) is 18.5 Å². The predicted molar refractivity (Wildman–Crippen MR) is 88.4 cm³/mol. The Labute approximate surface area is 131 Å². The summed E-state index contributed by atoms with van der Waals surface area (Å²) in [6.07, 6.45) is 0.910. The second-order valence-electron chi connectivity index (χ2n) is 4.86. The fourth-order valence-electron chi connectivity index (χ4n) is 1.93. The van der Waals surface area contributed by atoms with Gasteiger partial charge < -0.3 is 5.32 Å². The third kappa shape index (κ3) is 3.29. The Morgan fingerprint density at radius 3 is 2.81 bits per heavy atom. The summed E-state index contributed by atoms with van der Waals surface area (Å²) in [6.45, 7) is 6.62. The normalized spacial score (nSPS) is 11.0. The van der Waals surface area contributed by atoms with Crippen LogP contribution in [0, 0.1) is 13.8 Å². The van der Waals surface area contributed by atoms with Crippen LogP contribution in [0.25, 0.3) is 10.2 Å². The number of nitrogens with one attached hydrogen (secondary N) is 1. The van der Waals surface area contributed by atoms with Crippen LogP contribution in [0.2, 0.25) is 0 Å². The number of thiophene rings is 1. The molecule has 2 rings (SSSR count). The van der Waals surface area contributed by atoms with E-state index < -0.39 is 0 Å². The zero-order valence-electron chi connectivity index (χ0n) is 12.6. The highest BCUT2D eigenvalue weighted by atomic mass is 32.2. The van der Waals surface area contributed by atoms with E-state index in [4.69, 9.17) is 0 Å². The fraction of sp³-hybridized carbons (Fsp3) is 0.500. The molecule has 0 aliphatic heterocycles. The molecule has 0 fully saturated rings. The van der Waals surface area contributed by atoms with Crippen LogP contribution in [0.15, 0.2) is 9.95 Å². The molecule has 0 bridgehead atoms. The monoisotopic (exact) mass is 325 g/mol. The zero-order valence-corrected chi connectivity index (χ0v) is 14.3. The Kier molecular flexibility index (Phi) is 5.05. The van der Waals surface area contributed by atoms with Crippen LogP contribution in [0.4, 0.5) is 0 Å². The van der Waals surface area contributed by atoms with Gasteiger partial charge in [-0.3, -0.25) is 14.2 Å². The highest BCUT2D eigenvalue weighted by molar-refractivity contribution is 7.99. The Morgan fingerprint density at radius 2 is 2.14 bits per heavy atom. The molecule has 2 heterocycles. The lowest BCUT2D eigenvalue weighted by Gasteiger charge is -2.07. The van der Waals surface area contributed by atoms with E-state index in [1.165, 1.54) is 27.7 Å². The van der Waals surface area contributed by atoms with E-state index in [-0.39, 0.29) is 17.2 Å². The molecule has 114 valence electrons. The summed E-state index contributed by atoms with van der Waals surface area (Å²) in [6, 6.07) is 0. The molecule has 0 spiro atoms. The number of hydrogen-bond donors (Lipinski definition) is 1. The van der Waals surface area contributed by atoms with Crippen LogP contribution >= 0.6 is 23.1 Å². The van der Waals surface area contributed by atoms with Crippen LogP contribution in [0.1, 0.15) is 23.8 Å². The Morgan fingerprint density at radius 1 is 1.43 bits per heavy atom. The van der Waals surface area contributed by atoms with Crippen LogP contribution in [0.5, 0.6) is 0 Å². The topological polar surface area (TPSA) is 64.0 Å². The highest BCUT2D eigenvalue weighted by Gasteiger charge is 2.15. The lowest BCUT2D eigenvalue weighted by atomic mass is 10.2. The lowest BCUT2D eigenvalue weighted by molar-refractivity contribution is -0.118. The van der Waals surface area contributed by atoms with E-state index in [0.29, 0.717) is 17.1 Å². The van der Waals surface area contributed by atoms with E-state index in [2.05, 4.69) is 10.3 Å². The number of fused-ring (bicyclic) bond motifs is 1. The quantitative estimate of drug-likeness (QED) is 0.676. The predicted octanol–water partition coefficient (Wildman–Crippen LogP) is 2.23. The summed E-state index contributed by atoms with van der Waals surface area (Å²) in [5, 5.41) is 4.09. The minimum Gasteiger partial charge on any atom is -0.355 e. The third-order valence-electron chi connectivity index (χ3n) is 3.27. The highest BCUT2D eigenvalue weighted by Crippen LogP contribution is 2.27. The van der Waals surface area contributed by atoms with Crippen molar-refractivity contribution in [2.45, 2.75) is 32.3 Å². The Hall–Kier alpha value is -1.34. The summed E-state index contributed by atoms with van der Waals surface area (Å²) < 4.78 is 1.53. The lowest BCUT2D eigenvalue weighted by Crippen LogP contribution is -2.26. The van der Waals surface area contributed by atoms with Crippen molar-refractivity contribution in [3.05, 3.63) is 20.8 Å². The van der Waals surface area contributed by atoms with E-state index >= 15 is 0 Å². The second kappa shape index (κ2) is 6.62. The largest absolute Gasteiger partial charge is 0.355 e. The minimum atomic E-state index is -0.0432. The zero-order chi connectivity index (χ0) is 15.6. The van der Waals surface area contributed by atoms with Crippen molar-refractivity contribution in [1.82, 2.24) is 14.9 Å². The van der Waals surface area contributed by atoms with Crippen molar-refractivity contribution in [1.29, 1.82) is 0 Å². The number of aryl methyl sites for hydroxylation is 2.